The molecular weight excluding hydrogens is 206 g/mol. The number of aliphatic hydroxyl groups excluding tert-OH is 1. The third-order valence-electron chi connectivity index (χ3n) is 2.81. The van der Waals surface area contributed by atoms with Gasteiger partial charge in [0.05, 0.1) is 6.10 Å². The van der Waals surface area contributed by atoms with E-state index < -0.39 is 6.10 Å². The highest BCUT2D eigenvalue weighted by Gasteiger charge is 2.15. The molecule has 1 saturated heterocycles. The first-order valence-electron chi connectivity index (χ1n) is 5.95. The largest absolute Gasteiger partial charge is 0.390 e. The van der Waals surface area contributed by atoms with Gasteiger partial charge in [-0.3, -0.25) is 0 Å². The van der Waals surface area contributed by atoms with Crippen molar-refractivity contribution in [3.63, 3.8) is 0 Å². The highest BCUT2D eigenvalue weighted by atomic mass is 16.3. The molecule has 0 aromatic rings. The molecule has 1 atom stereocenters. The number of carbonyl (C=O) groups excluding carboxylic acids is 1. The average Bonchev–Trinajstić information content (AvgIpc) is 2.27. The highest BCUT2D eigenvalue weighted by molar-refractivity contribution is 5.73. The summed E-state index contributed by atoms with van der Waals surface area (Å²) in [6.07, 6.45) is 3.26. The van der Waals surface area contributed by atoms with Gasteiger partial charge in [0, 0.05) is 27.2 Å². The number of rotatable bonds is 4. The molecule has 1 fully saturated rings. The van der Waals surface area contributed by atoms with Gasteiger partial charge in [-0.1, -0.05) is 6.42 Å². The van der Waals surface area contributed by atoms with Crippen molar-refractivity contribution in [2.45, 2.75) is 25.4 Å². The van der Waals surface area contributed by atoms with Crippen LogP contribution in [0.2, 0.25) is 0 Å². The van der Waals surface area contributed by atoms with Crippen molar-refractivity contribution in [2.24, 2.45) is 0 Å². The molecule has 5 heteroatoms. The molecule has 1 unspecified atom stereocenters. The van der Waals surface area contributed by atoms with Gasteiger partial charge in [0.15, 0.2) is 0 Å². The molecule has 1 aliphatic heterocycles. The summed E-state index contributed by atoms with van der Waals surface area (Å²) >= 11 is 0. The number of hydrogen-bond acceptors (Lipinski definition) is 3. The average molecular weight is 229 g/mol. The Kier molecular flexibility index (Phi) is 5.55. The van der Waals surface area contributed by atoms with E-state index in [1.165, 1.54) is 24.2 Å². The minimum atomic E-state index is -0.470. The van der Waals surface area contributed by atoms with E-state index in [2.05, 4.69) is 10.2 Å². The predicted molar refractivity (Wildman–Crippen MR) is 63.4 cm³/mol. The molecule has 0 spiro atoms. The molecule has 0 radical (unpaired) electrons. The standard InChI is InChI=1S/C11H23N3O2/c1-13(2)11(16)12-8-10(15)9-14-6-4-3-5-7-14/h10,15H,3-9H2,1-2H3,(H,12,16). The first kappa shape index (κ1) is 13.3. The van der Waals surface area contributed by atoms with Crippen LogP contribution in [0.1, 0.15) is 19.3 Å². The lowest BCUT2D eigenvalue weighted by molar-refractivity contribution is 0.100. The molecule has 2 N–H and O–H groups in total. The maximum atomic E-state index is 11.2. The Bertz CT molecular complexity index is 215. The number of β-amino-alcohol motifs (C(OH)–C–C–N with tert-alkyl or cyclic N) is 1. The monoisotopic (exact) mass is 229 g/mol. The Morgan fingerprint density at radius 1 is 1.38 bits per heavy atom. The van der Waals surface area contributed by atoms with Crippen LogP contribution in [-0.2, 0) is 0 Å². The molecule has 16 heavy (non-hydrogen) atoms. The van der Waals surface area contributed by atoms with Crippen molar-refractivity contribution >= 4 is 6.03 Å². The predicted octanol–water partition coefficient (Wildman–Crippen LogP) is 0.104. The van der Waals surface area contributed by atoms with Crippen molar-refractivity contribution < 1.29 is 9.90 Å². The van der Waals surface area contributed by atoms with Crippen molar-refractivity contribution in [1.82, 2.24) is 15.1 Å². The van der Waals surface area contributed by atoms with E-state index in [4.69, 9.17) is 0 Å². The molecule has 0 aliphatic carbocycles. The molecule has 94 valence electrons. The first-order chi connectivity index (χ1) is 7.59. The molecule has 5 nitrogen and oxygen atoms in total. The first-order valence-corrected chi connectivity index (χ1v) is 5.95. The number of piperidine rings is 1. The van der Waals surface area contributed by atoms with E-state index in [0.29, 0.717) is 13.1 Å². The fourth-order valence-electron chi connectivity index (χ4n) is 1.87. The zero-order valence-corrected chi connectivity index (χ0v) is 10.3. The van der Waals surface area contributed by atoms with Crippen LogP contribution >= 0.6 is 0 Å². The summed E-state index contributed by atoms with van der Waals surface area (Å²) < 4.78 is 0. The van der Waals surface area contributed by atoms with Crippen LogP contribution in [-0.4, -0.2) is 67.3 Å². The molecule has 0 aromatic heterocycles. The molecule has 0 bridgehead atoms. The zero-order chi connectivity index (χ0) is 12.0. The lowest BCUT2D eigenvalue weighted by Gasteiger charge is -2.28. The van der Waals surface area contributed by atoms with Gasteiger partial charge < -0.3 is 20.2 Å². The van der Waals surface area contributed by atoms with E-state index >= 15 is 0 Å². The second kappa shape index (κ2) is 6.70. The zero-order valence-electron chi connectivity index (χ0n) is 10.3. The number of carbonyl (C=O) groups is 1. The van der Waals surface area contributed by atoms with E-state index in [-0.39, 0.29) is 6.03 Å². The SMILES string of the molecule is CN(C)C(=O)NCC(O)CN1CCCCC1. The minimum Gasteiger partial charge on any atom is -0.390 e. The van der Waals surface area contributed by atoms with Crippen molar-refractivity contribution in [2.75, 3.05) is 40.3 Å². The lowest BCUT2D eigenvalue weighted by atomic mass is 10.1. The second-order valence-electron chi connectivity index (χ2n) is 4.60. The van der Waals surface area contributed by atoms with E-state index in [1.54, 1.807) is 14.1 Å². The normalized spacial score (nSPS) is 19.2. The summed E-state index contributed by atoms with van der Waals surface area (Å²) in [5, 5.41) is 12.4. The summed E-state index contributed by atoms with van der Waals surface area (Å²) in [5.41, 5.74) is 0. The number of likely N-dealkylation sites (tertiary alicyclic amines) is 1. The van der Waals surface area contributed by atoms with Crippen LogP contribution in [0.4, 0.5) is 4.79 Å². The van der Waals surface area contributed by atoms with Crippen molar-refractivity contribution in [3.8, 4) is 0 Å². The fourth-order valence-corrected chi connectivity index (χ4v) is 1.87. The summed E-state index contributed by atoms with van der Waals surface area (Å²) in [4.78, 5) is 15.0. The smallest absolute Gasteiger partial charge is 0.316 e. The van der Waals surface area contributed by atoms with Crippen LogP contribution in [0.15, 0.2) is 0 Å². The van der Waals surface area contributed by atoms with Gasteiger partial charge in [0.2, 0.25) is 0 Å². The van der Waals surface area contributed by atoms with Crippen LogP contribution in [0.3, 0.4) is 0 Å². The quantitative estimate of drug-likeness (QED) is 0.719. The number of nitrogens with zero attached hydrogens (tertiary/aromatic N) is 2. The summed E-state index contributed by atoms with van der Waals surface area (Å²) in [5.74, 6) is 0. The third kappa shape index (κ3) is 4.81. The van der Waals surface area contributed by atoms with Crippen LogP contribution in [0, 0.1) is 0 Å². The van der Waals surface area contributed by atoms with Gasteiger partial charge in [-0.15, -0.1) is 0 Å². The Balaban J connectivity index is 2.14. The topological polar surface area (TPSA) is 55.8 Å². The van der Waals surface area contributed by atoms with Gasteiger partial charge in [0.1, 0.15) is 0 Å². The molecule has 0 saturated carbocycles. The van der Waals surface area contributed by atoms with E-state index in [1.807, 2.05) is 0 Å². The van der Waals surface area contributed by atoms with Gasteiger partial charge in [-0.05, 0) is 25.9 Å². The molecule has 1 rings (SSSR count). The molecule has 1 aliphatic rings. The Morgan fingerprint density at radius 2 is 2.00 bits per heavy atom. The fraction of sp³-hybridized carbons (Fsp3) is 0.909. The molecule has 0 aromatic carbocycles. The molecule has 1 heterocycles. The highest BCUT2D eigenvalue weighted by Crippen LogP contribution is 2.08. The Labute approximate surface area is 97.4 Å². The number of urea groups is 1. The number of amides is 2. The summed E-state index contributed by atoms with van der Waals surface area (Å²) in [6.45, 7) is 3.12. The van der Waals surface area contributed by atoms with Gasteiger partial charge in [-0.25, -0.2) is 4.79 Å². The summed E-state index contributed by atoms with van der Waals surface area (Å²) in [7, 11) is 3.37. The number of aliphatic hydroxyl groups is 1. The van der Waals surface area contributed by atoms with Crippen LogP contribution in [0.25, 0.3) is 0 Å². The van der Waals surface area contributed by atoms with Crippen LogP contribution in [0.5, 0.6) is 0 Å². The number of nitrogens with one attached hydrogen (secondary N) is 1. The van der Waals surface area contributed by atoms with Crippen molar-refractivity contribution in [1.29, 1.82) is 0 Å². The molecule has 2 amide bonds. The van der Waals surface area contributed by atoms with Crippen molar-refractivity contribution in [3.05, 3.63) is 0 Å². The maximum absolute atomic E-state index is 11.2. The van der Waals surface area contributed by atoms with Gasteiger partial charge in [-0.2, -0.15) is 0 Å². The molecular formula is C11H23N3O2. The third-order valence-corrected chi connectivity index (χ3v) is 2.81. The minimum absolute atomic E-state index is 0.155. The maximum Gasteiger partial charge on any atom is 0.316 e. The Morgan fingerprint density at radius 3 is 2.56 bits per heavy atom. The number of hydrogen-bond donors (Lipinski definition) is 2. The van der Waals surface area contributed by atoms with Gasteiger partial charge >= 0.3 is 6.03 Å². The van der Waals surface area contributed by atoms with Gasteiger partial charge in [0.25, 0.3) is 0 Å². The lowest BCUT2D eigenvalue weighted by Crippen LogP contribution is -2.44. The second-order valence-corrected chi connectivity index (χ2v) is 4.60. The van der Waals surface area contributed by atoms with E-state index in [0.717, 1.165) is 13.1 Å². The summed E-state index contributed by atoms with van der Waals surface area (Å²) in [6, 6.07) is -0.155. The van der Waals surface area contributed by atoms with Crippen LogP contribution < -0.4 is 5.32 Å². The Hall–Kier alpha value is -0.810. The van der Waals surface area contributed by atoms with E-state index in [9.17, 15) is 9.90 Å².